The van der Waals surface area contributed by atoms with Crippen molar-refractivity contribution in [2.75, 3.05) is 0 Å². The summed E-state index contributed by atoms with van der Waals surface area (Å²) in [5, 5.41) is 3.93. The Bertz CT molecular complexity index is 551. The van der Waals surface area contributed by atoms with E-state index in [0.29, 0.717) is 5.92 Å². The molecule has 0 bridgehead atoms. The van der Waals surface area contributed by atoms with Gasteiger partial charge in [0.25, 0.3) is 0 Å². The van der Waals surface area contributed by atoms with Crippen LogP contribution < -0.4 is 0 Å². The van der Waals surface area contributed by atoms with E-state index < -0.39 is 12.4 Å². The molecule has 0 aromatic rings. The van der Waals surface area contributed by atoms with Crippen LogP contribution in [0.2, 0.25) is 0 Å². The fourth-order valence-corrected chi connectivity index (χ4v) is 4.36. The maximum atomic E-state index is 12.0. The van der Waals surface area contributed by atoms with Gasteiger partial charge in [0.05, 0.1) is 24.4 Å². The monoisotopic (exact) mass is 367 g/mol. The average molecular weight is 367 g/mol. The van der Waals surface area contributed by atoms with Gasteiger partial charge in [-0.2, -0.15) is 0 Å². The Labute approximate surface area is 156 Å². The van der Waals surface area contributed by atoms with Crippen molar-refractivity contribution in [2.45, 2.75) is 91.6 Å². The van der Waals surface area contributed by atoms with Crippen molar-refractivity contribution in [3.8, 4) is 0 Å². The Morgan fingerprint density at radius 1 is 1.08 bits per heavy atom. The Balaban J connectivity index is 2.22. The van der Waals surface area contributed by atoms with Crippen molar-refractivity contribution in [1.82, 2.24) is 0 Å². The molecule has 148 valence electrons. The summed E-state index contributed by atoms with van der Waals surface area (Å²) in [6.07, 6.45) is -0.609. The Morgan fingerprint density at radius 3 is 2.27 bits per heavy atom. The fraction of sp³-hybridized carbons (Fsp3) is 0.947. The predicted octanol–water partition coefficient (Wildman–Crippen LogP) is 4.11. The van der Waals surface area contributed by atoms with Gasteiger partial charge in [-0.1, -0.05) is 39.7 Å². The SMILES string of the molecule is CCC1O[C@H](C)C(N=[N+]=[N-])[C@@H](C)[C@@H]1O[C@@H]1OC(C(C)=O)[C@@H](C)[C@H](C)C1C. The lowest BCUT2D eigenvalue weighted by Crippen LogP contribution is -2.56. The molecule has 0 amide bonds. The number of hydrogen-bond donors (Lipinski definition) is 0. The van der Waals surface area contributed by atoms with E-state index in [9.17, 15) is 4.79 Å². The minimum Gasteiger partial charge on any atom is -0.372 e. The number of rotatable bonds is 5. The van der Waals surface area contributed by atoms with Crippen LogP contribution in [0.25, 0.3) is 10.4 Å². The van der Waals surface area contributed by atoms with Crippen molar-refractivity contribution in [1.29, 1.82) is 0 Å². The van der Waals surface area contributed by atoms with Crippen LogP contribution in [0.15, 0.2) is 5.11 Å². The standard InChI is InChI=1S/C19H33N3O4/c1-8-15-18(12(5)16(21-22-20)14(7)24-15)26-19-11(4)9(2)10(3)17(25-19)13(6)23/h9-12,14-19H,8H2,1-7H3/t9-,10-,11?,12+,14+,15?,16?,17?,18-,19-/m0/s1. The van der Waals surface area contributed by atoms with Crippen LogP contribution in [-0.2, 0) is 19.0 Å². The average Bonchev–Trinajstić information content (AvgIpc) is 2.60. The third-order valence-corrected chi connectivity index (χ3v) is 6.42. The second-order valence-electron chi connectivity index (χ2n) is 8.06. The van der Waals surface area contributed by atoms with Gasteiger partial charge in [-0.05, 0) is 43.6 Å². The molecule has 0 radical (unpaired) electrons. The second-order valence-corrected chi connectivity index (χ2v) is 8.06. The molecule has 0 aromatic carbocycles. The van der Waals surface area contributed by atoms with Crippen LogP contribution in [0.1, 0.15) is 54.9 Å². The predicted molar refractivity (Wildman–Crippen MR) is 98.4 cm³/mol. The van der Waals surface area contributed by atoms with Crippen molar-refractivity contribution in [3.63, 3.8) is 0 Å². The zero-order chi connectivity index (χ0) is 19.6. The third-order valence-electron chi connectivity index (χ3n) is 6.42. The minimum atomic E-state index is -0.472. The number of carbonyl (C=O) groups is 1. The summed E-state index contributed by atoms with van der Waals surface area (Å²) in [7, 11) is 0. The minimum absolute atomic E-state index is 0.000772. The fourth-order valence-electron chi connectivity index (χ4n) is 4.36. The summed E-state index contributed by atoms with van der Waals surface area (Å²) in [6.45, 7) is 13.9. The highest BCUT2D eigenvalue weighted by molar-refractivity contribution is 5.80. The van der Waals surface area contributed by atoms with Gasteiger partial charge < -0.3 is 14.2 Å². The van der Waals surface area contributed by atoms with Gasteiger partial charge in [0.2, 0.25) is 0 Å². The largest absolute Gasteiger partial charge is 0.372 e. The van der Waals surface area contributed by atoms with E-state index in [4.69, 9.17) is 19.7 Å². The topological polar surface area (TPSA) is 93.5 Å². The van der Waals surface area contributed by atoms with E-state index in [1.54, 1.807) is 6.92 Å². The normalized spacial score (nSPS) is 46.4. The first kappa shape index (κ1) is 21.2. The van der Waals surface area contributed by atoms with Crippen LogP contribution in [0.5, 0.6) is 0 Å². The summed E-state index contributed by atoms with van der Waals surface area (Å²) in [5.74, 6) is 0.642. The molecule has 0 saturated carbocycles. The highest BCUT2D eigenvalue weighted by Crippen LogP contribution is 2.39. The molecule has 2 aliphatic rings. The maximum Gasteiger partial charge on any atom is 0.161 e. The molecule has 26 heavy (non-hydrogen) atoms. The molecule has 7 heteroatoms. The maximum absolute atomic E-state index is 12.0. The number of azide groups is 1. The molecule has 7 nitrogen and oxygen atoms in total. The van der Waals surface area contributed by atoms with Crippen molar-refractivity contribution in [2.24, 2.45) is 28.8 Å². The van der Waals surface area contributed by atoms with E-state index in [0.717, 1.165) is 6.42 Å². The molecular weight excluding hydrogens is 334 g/mol. The first-order valence-corrected chi connectivity index (χ1v) is 9.73. The van der Waals surface area contributed by atoms with Crippen LogP contribution in [0, 0.1) is 23.7 Å². The summed E-state index contributed by atoms with van der Waals surface area (Å²) in [5.41, 5.74) is 8.89. The van der Waals surface area contributed by atoms with Crippen LogP contribution in [0.3, 0.4) is 0 Å². The van der Waals surface area contributed by atoms with Gasteiger partial charge in [0, 0.05) is 10.8 Å². The highest BCUT2D eigenvalue weighted by atomic mass is 16.7. The lowest BCUT2D eigenvalue weighted by atomic mass is 9.77. The van der Waals surface area contributed by atoms with Crippen molar-refractivity contribution < 1.29 is 19.0 Å². The number of Topliss-reactive ketones (excluding diaryl/α,β-unsaturated/α-hetero) is 1. The molecule has 10 atom stereocenters. The molecule has 0 aliphatic carbocycles. The first-order chi connectivity index (χ1) is 12.2. The number of ketones is 1. The van der Waals surface area contributed by atoms with E-state index in [1.165, 1.54) is 0 Å². The molecule has 0 aromatic heterocycles. The summed E-state index contributed by atoms with van der Waals surface area (Å²) < 4.78 is 18.5. The molecular formula is C19H33N3O4. The highest BCUT2D eigenvalue weighted by Gasteiger charge is 2.47. The zero-order valence-electron chi connectivity index (χ0n) is 17.0. The van der Waals surface area contributed by atoms with Gasteiger partial charge in [-0.25, -0.2) is 0 Å². The molecule has 2 fully saturated rings. The molecule has 4 unspecified atom stereocenters. The second kappa shape index (κ2) is 8.70. The van der Waals surface area contributed by atoms with Crippen molar-refractivity contribution in [3.05, 3.63) is 10.4 Å². The summed E-state index contributed by atoms with van der Waals surface area (Å²) >= 11 is 0. The first-order valence-electron chi connectivity index (χ1n) is 9.73. The lowest BCUT2D eigenvalue weighted by molar-refractivity contribution is -0.290. The van der Waals surface area contributed by atoms with Crippen LogP contribution in [0.4, 0.5) is 0 Å². The van der Waals surface area contributed by atoms with E-state index in [1.807, 2.05) is 13.8 Å². The quantitative estimate of drug-likeness (QED) is 0.415. The molecule has 2 heterocycles. The Hall–Kier alpha value is -1.14. The van der Waals surface area contributed by atoms with Crippen molar-refractivity contribution >= 4 is 5.78 Å². The summed E-state index contributed by atoms with van der Waals surface area (Å²) in [6, 6.07) is -0.286. The molecule has 2 aliphatic heterocycles. The number of nitrogens with zero attached hydrogens (tertiary/aromatic N) is 3. The number of hydrogen-bond acceptors (Lipinski definition) is 5. The van der Waals surface area contributed by atoms with E-state index in [-0.39, 0.29) is 47.9 Å². The molecule has 0 N–H and O–H groups in total. The van der Waals surface area contributed by atoms with Gasteiger partial charge in [0.15, 0.2) is 12.1 Å². The lowest BCUT2D eigenvalue weighted by Gasteiger charge is -2.48. The summed E-state index contributed by atoms with van der Waals surface area (Å²) in [4.78, 5) is 15.0. The molecule has 0 spiro atoms. The zero-order valence-corrected chi connectivity index (χ0v) is 17.0. The van der Waals surface area contributed by atoms with E-state index >= 15 is 0 Å². The van der Waals surface area contributed by atoms with Gasteiger partial charge in [-0.15, -0.1) is 0 Å². The smallest absolute Gasteiger partial charge is 0.161 e. The Morgan fingerprint density at radius 2 is 1.73 bits per heavy atom. The number of carbonyl (C=O) groups excluding carboxylic acids is 1. The van der Waals surface area contributed by atoms with Crippen LogP contribution in [-0.4, -0.2) is 42.5 Å². The number of ether oxygens (including phenoxy) is 3. The van der Waals surface area contributed by atoms with Gasteiger partial charge in [-0.3, -0.25) is 4.79 Å². The molecule has 2 rings (SSSR count). The Kier molecular flexibility index (Phi) is 7.08. The van der Waals surface area contributed by atoms with Crippen LogP contribution >= 0.6 is 0 Å². The van der Waals surface area contributed by atoms with Gasteiger partial charge >= 0.3 is 0 Å². The third kappa shape index (κ3) is 4.06. The van der Waals surface area contributed by atoms with Gasteiger partial charge in [0.1, 0.15) is 6.10 Å². The molecule has 2 saturated heterocycles. The van der Waals surface area contributed by atoms with E-state index in [2.05, 4.69) is 37.7 Å².